The smallest absolute Gasteiger partial charge is 0.255 e. The quantitative estimate of drug-likeness (QED) is 0.686. The van der Waals surface area contributed by atoms with E-state index in [2.05, 4.69) is 10.6 Å². The lowest BCUT2D eigenvalue weighted by atomic mass is 10.1. The molecule has 1 saturated heterocycles. The topological polar surface area (TPSA) is 103 Å². The number of anilines is 1. The number of morpholine rings is 1. The van der Waals surface area contributed by atoms with Crippen LogP contribution in [-0.2, 0) is 9.53 Å². The van der Waals surface area contributed by atoms with Gasteiger partial charge < -0.3 is 25.8 Å². The monoisotopic (exact) mass is 327 g/mol. The molecule has 8 heteroatoms. The number of amides is 2. The Hall–Kier alpha value is -1.99. The van der Waals surface area contributed by atoms with E-state index < -0.39 is 0 Å². The van der Waals surface area contributed by atoms with Gasteiger partial charge >= 0.3 is 0 Å². The van der Waals surface area contributed by atoms with E-state index in [0.29, 0.717) is 30.2 Å². The molecule has 1 aromatic carbocycles. The van der Waals surface area contributed by atoms with Crippen LogP contribution in [0.25, 0.3) is 0 Å². The standard InChI is InChI=1S/C14H18ClN3O4/c1-2-21-12-4-11(16)10(15)3-9(12)14(20)18-6-8-5-17-13(19)7-22-8/h3-4,8H,2,5-7,16H2,1H3,(H,17,19)(H,18,20). The van der Waals surface area contributed by atoms with Crippen LogP contribution in [0.3, 0.4) is 0 Å². The Labute approximate surface area is 133 Å². The summed E-state index contributed by atoms with van der Waals surface area (Å²) in [6, 6.07) is 3.00. The molecule has 0 aromatic heterocycles. The summed E-state index contributed by atoms with van der Waals surface area (Å²) in [6.45, 7) is 2.84. The first-order chi connectivity index (χ1) is 10.5. The Bertz CT molecular complexity index is 569. The summed E-state index contributed by atoms with van der Waals surface area (Å²) >= 11 is 5.96. The summed E-state index contributed by atoms with van der Waals surface area (Å²) in [5.41, 5.74) is 6.37. The van der Waals surface area contributed by atoms with Crippen LogP contribution in [0.2, 0.25) is 5.02 Å². The third-order valence-corrected chi connectivity index (χ3v) is 3.44. The molecule has 0 saturated carbocycles. The molecule has 2 rings (SSSR count). The minimum Gasteiger partial charge on any atom is -0.493 e. The maximum absolute atomic E-state index is 12.3. The lowest BCUT2D eigenvalue weighted by Gasteiger charge is -2.23. The number of carbonyl (C=O) groups is 2. The van der Waals surface area contributed by atoms with Crippen molar-refractivity contribution in [1.29, 1.82) is 0 Å². The molecule has 0 bridgehead atoms. The van der Waals surface area contributed by atoms with Gasteiger partial charge in [0, 0.05) is 19.2 Å². The zero-order chi connectivity index (χ0) is 16.1. The zero-order valence-corrected chi connectivity index (χ0v) is 12.9. The molecular formula is C14H18ClN3O4. The number of carbonyl (C=O) groups excluding carboxylic acids is 2. The van der Waals surface area contributed by atoms with Crippen LogP contribution in [0.4, 0.5) is 5.69 Å². The van der Waals surface area contributed by atoms with Gasteiger partial charge in [0.2, 0.25) is 5.91 Å². The molecule has 1 fully saturated rings. The van der Waals surface area contributed by atoms with Crippen molar-refractivity contribution < 1.29 is 19.1 Å². The van der Waals surface area contributed by atoms with E-state index in [0.717, 1.165) is 0 Å². The maximum atomic E-state index is 12.3. The summed E-state index contributed by atoms with van der Waals surface area (Å²) in [4.78, 5) is 23.3. The van der Waals surface area contributed by atoms with E-state index in [-0.39, 0.29) is 36.1 Å². The van der Waals surface area contributed by atoms with E-state index >= 15 is 0 Å². The average molecular weight is 328 g/mol. The van der Waals surface area contributed by atoms with Gasteiger partial charge in [0.05, 0.1) is 29.0 Å². The van der Waals surface area contributed by atoms with E-state index in [9.17, 15) is 9.59 Å². The van der Waals surface area contributed by atoms with Gasteiger partial charge in [-0.2, -0.15) is 0 Å². The fourth-order valence-corrected chi connectivity index (χ4v) is 2.15. The average Bonchev–Trinajstić information content (AvgIpc) is 2.50. The molecule has 1 heterocycles. The molecule has 1 aliphatic rings. The summed E-state index contributed by atoms with van der Waals surface area (Å²) in [5.74, 6) is -0.128. The van der Waals surface area contributed by atoms with E-state index in [1.54, 1.807) is 0 Å². The van der Waals surface area contributed by atoms with Crippen molar-refractivity contribution in [2.75, 3.05) is 32.0 Å². The maximum Gasteiger partial charge on any atom is 0.255 e. The van der Waals surface area contributed by atoms with Gasteiger partial charge in [0.1, 0.15) is 12.4 Å². The fourth-order valence-electron chi connectivity index (χ4n) is 1.99. The van der Waals surface area contributed by atoms with Crippen molar-refractivity contribution in [3.05, 3.63) is 22.7 Å². The molecule has 0 aliphatic carbocycles. The third kappa shape index (κ3) is 4.02. The minimum absolute atomic E-state index is 0.00156. The van der Waals surface area contributed by atoms with E-state index in [1.165, 1.54) is 12.1 Å². The van der Waals surface area contributed by atoms with Crippen LogP contribution in [0, 0.1) is 0 Å². The van der Waals surface area contributed by atoms with Crippen LogP contribution < -0.4 is 21.1 Å². The van der Waals surface area contributed by atoms with Crippen molar-refractivity contribution in [2.45, 2.75) is 13.0 Å². The molecule has 1 aromatic rings. The molecule has 1 aliphatic heterocycles. The molecule has 22 heavy (non-hydrogen) atoms. The second kappa shape index (κ2) is 7.33. The van der Waals surface area contributed by atoms with Crippen molar-refractivity contribution in [1.82, 2.24) is 10.6 Å². The fraction of sp³-hybridized carbons (Fsp3) is 0.429. The van der Waals surface area contributed by atoms with Crippen molar-refractivity contribution >= 4 is 29.1 Å². The zero-order valence-electron chi connectivity index (χ0n) is 12.1. The molecule has 7 nitrogen and oxygen atoms in total. The molecule has 0 spiro atoms. The Balaban J connectivity index is 2.02. The Morgan fingerprint density at radius 3 is 3.00 bits per heavy atom. The molecular weight excluding hydrogens is 310 g/mol. The van der Waals surface area contributed by atoms with Crippen LogP contribution >= 0.6 is 11.6 Å². The van der Waals surface area contributed by atoms with Crippen molar-refractivity contribution in [3.63, 3.8) is 0 Å². The summed E-state index contributed by atoms with van der Waals surface area (Å²) in [6.07, 6.45) is -0.263. The van der Waals surface area contributed by atoms with Crippen molar-refractivity contribution in [2.24, 2.45) is 0 Å². The lowest BCUT2D eigenvalue weighted by Crippen LogP contribution is -2.48. The predicted octanol–water partition coefficient (Wildman–Crippen LogP) is 0.566. The summed E-state index contributed by atoms with van der Waals surface area (Å²) in [5, 5.41) is 5.69. The molecule has 2 amide bonds. The second-order valence-electron chi connectivity index (χ2n) is 4.75. The normalized spacial score (nSPS) is 17.7. The highest BCUT2D eigenvalue weighted by Gasteiger charge is 2.21. The largest absolute Gasteiger partial charge is 0.493 e. The molecule has 0 radical (unpaired) electrons. The summed E-state index contributed by atoms with van der Waals surface area (Å²) in [7, 11) is 0. The van der Waals surface area contributed by atoms with Crippen LogP contribution in [0.1, 0.15) is 17.3 Å². The van der Waals surface area contributed by atoms with Gasteiger partial charge in [-0.1, -0.05) is 11.6 Å². The number of nitrogens with two attached hydrogens (primary N) is 1. The predicted molar refractivity (Wildman–Crippen MR) is 82.1 cm³/mol. The van der Waals surface area contributed by atoms with Gasteiger partial charge in [-0.15, -0.1) is 0 Å². The van der Waals surface area contributed by atoms with Gasteiger partial charge in [-0.05, 0) is 13.0 Å². The second-order valence-corrected chi connectivity index (χ2v) is 5.16. The number of hydrogen-bond donors (Lipinski definition) is 3. The summed E-state index contributed by atoms with van der Waals surface area (Å²) < 4.78 is 10.7. The van der Waals surface area contributed by atoms with Crippen LogP contribution in [-0.4, -0.2) is 44.2 Å². The van der Waals surface area contributed by atoms with Gasteiger partial charge in [0.25, 0.3) is 5.91 Å². The first-order valence-electron chi connectivity index (χ1n) is 6.89. The Morgan fingerprint density at radius 1 is 1.59 bits per heavy atom. The first-order valence-corrected chi connectivity index (χ1v) is 7.27. The highest BCUT2D eigenvalue weighted by Crippen LogP contribution is 2.29. The molecule has 1 unspecified atom stereocenters. The minimum atomic E-state index is -0.342. The number of benzene rings is 1. The third-order valence-electron chi connectivity index (χ3n) is 3.11. The SMILES string of the molecule is CCOc1cc(N)c(Cl)cc1C(=O)NCC1CNC(=O)CO1. The lowest BCUT2D eigenvalue weighted by molar-refractivity contribution is -0.132. The highest BCUT2D eigenvalue weighted by molar-refractivity contribution is 6.33. The number of halogens is 1. The van der Waals surface area contributed by atoms with Gasteiger partial charge in [0.15, 0.2) is 0 Å². The number of rotatable bonds is 5. The van der Waals surface area contributed by atoms with Crippen LogP contribution in [0.15, 0.2) is 12.1 Å². The number of ether oxygens (including phenoxy) is 2. The Kier molecular flexibility index (Phi) is 5.46. The number of nitrogen functional groups attached to an aromatic ring is 1. The van der Waals surface area contributed by atoms with Gasteiger partial charge in [-0.3, -0.25) is 9.59 Å². The van der Waals surface area contributed by atoms with Gasteiger partial charge in [-0.25, -0.2) is 0 Å². The van der Waals surface area contributed by atoms with Crippen LogP contribution in [0.5, 0.6) is 5.75 Å². The number of nitrogens with one attached hydrogen (secondary N) is 2. The molecule has 4 N–H and O–H groups in total. The molecule has 120 valence electrons. The van der Waals surface area contributed by atoms with E-state index in [4.69, 9.17) is 26.8 Å². The first kappa shape index (κ1) is 16.4. The highest BCUT2D eigenvalue weighted by atomic mass is 35.5. The Morgan fingerprint density at radius 2 is 2.36 bits per heavy atom. The van der Waals surface area contributed by atoms with Crippen molar-refractivity contribution in [3.8, 4) is 5.75 Å². The molecule has 1 atom stereocenters. The number of hydrogen-bond acceptors (Lipinski definition) is 5. The van der Waals surface area contributed by atoms with E-state index in [1.807, 2.05) is 6.92 Å².